The van der Waals surface area contributed by atoms with Crippen LogP contribution in [0.2, 0.25) is 0 Å². The van der Waals surface area contributed by atoms with Gasteiger partial charge >= 0.3 is 0 Å². The molecule has 0 amide bonds. The van der Waals surface area contributed by atoms with Gasteiger partial charge in [-0.2, -0.15) is 0 Å². The molecule has 0 aromatic heterocycles. The molecule has 0 bridgehead atoms. The minimum Gasteiger partial charge on any atom is -0.330 e. The Hall–Kier alpha value is -1.43. The summed E-state index contributed by atoms with van der Waals surface area (Å²) in [5.74, 6) is 0. The molecule has 5 heteroatoms. The highest BCUT2D eigenvalue weighted by Crippen LogP contribution is 2.25. The number of hydrogen-bond acceptors (Lipinski definition) is 3. The molecule has 4 nitrogen and oxygen atoms in total. The summed E-state index contributed by atoms with van der Waals surface area (Å²) in [4.78, 5) is 0.317. The Balaban J connectivity index is 2.47. The maximum absolute atomic E-state index is 12.7. The highest BCUT2D eigenvalue weighted by atomic mass is 32.2. The van der Waals surface area contributed by atoms with E-state index in [1.54, 1.807) is 12.1 Å². The quantitative estimate of drug-likeness (QED) is 0.861. The predicted octanol–water partition coefficient (Wildman–Crippen LogP) is 2.64. The van der Waals surface area contributed by atoms with Crippen LogP contribution in [-0.4, -0.2) is 20.5 Å². The zero-order chi connectivity index (χ0) is 15.5. The Labute approximate surface area is 126 Å². The fraction of sp³-hybridized carbons (Fsp3) is 0.375. The summed E-state index contributed by atoms with van der Waals surface area (Å²) in [6, 6.07) is 12.8. The minimum atomic E-state index is -3.58. The number of fused-ring (bicyclic) bond motifs is 1. The molecule has 0 spiro atoms. The number of nitrogens with one attached hydrogen (secondary N) is 1. The average molecular weight is 306 g/mol. The molecule has 1 atom stereocenters. The Bertz CT molecular complexity index is 723. The van der Waals surface area contributed by atoms with E-state index in [1.165, 1.54) is 0 Å². The normalized spacial score (nSPS) is 15.0. The smallest absolute Gasteiger partial charge is 0.241 e. The maximum atomic E-state index is 12.7. The largest absolute Gasteiger partial charge is 0.330 e. The number of benzene rings is 2. The van der Waals surface area contributed by atoms with Crippen molar-refractivity contribution < 1.29 is 8.42 Å². The molecule has 0 radical (unpaired) electrons. The Kier molecular flexibility index (Phi) is 4.66. The van der Waals surface area contributed by atoms with Gasteiger partial charge in [-0.1, -0.05) is 43.3 Å². The molecule has 21 heavy (non-hydrogen) atoms. The molecule has 0 heterocycles. The second-order valence-electron chi connectivity index (χ2n) is 5.54. The van der Waals surface area contributed by atoms with Crippen molar-refractivity contribution in [3.05, 3.63) is 42.5 Å². The summed E-state index contributed by atoms with van der Waals surface area (Å²) in [5, 5.41) is 1.65. The van der Waals surface area contributed by atoms with Gasteiger partial charge < -0.3 is 5.73 Å². The molecule has 0 fully saturated rings. The SMILES string of the molecule is CCC(C)(CCN)NS(=O)(=O)c1cccc2ccccc12. The van der Waals surface area contributed by atoms with Gasteiger partial charge in [-0.3, -0.25) is 0 Å². The molecule has 0 aliphatic heterocycles. The van der Waals surface area contributed by atoms with Crippen molar-refractivity contribution >= 4 is 20.8 Å². The van der Waals surface area contributed by atoms with E-state index in [-0.39, 0.29) is 0 Å². The molecule has 2 aromatic rings. The third-order valence-corrected chi connectivity index (χ3v) is 5.59. The van der Waals surface area contributed by atoms with Crippen molar-refractivity contribution in [2.75, 3.05) is 6.54 Å². The van der Waals surface area contributed by atoms with Crippen LogP contribution in [0, 0.1) is 0 Å². The molecule has 0 saturated carbocycles. The second-order valence-corrected chi connectivity index (χ2v) is 7.19. The van der Waals surface area contributed by atoms with E-state index in [0.717, 1.165) is 10.8 Å². The highest BCUT2D eigenvalue weighted by Gasteiger charge is 2.29. The number of hydrogen-bond donors (Lipinski definition) is 2. The van der Waals surface area contributed by atoms with Crippen LogP contribution in [0.5, 0.6) is 0 Å². The second kappa shape index (κ2) is 6.13. The topological polar surface area (TPSA) is 72.2 Å². The van der Waals surface area contributed by atoms with Crippen molar-refractivity contribution in [2.45, 2.75) is 37.1 Å². The summed E-state index contributed by atoms with van der Waals surface area (Å²) in [7, 11) is -3.58. The first-order valence-corrected chi connectivity index (χ1v) is 8.62. The van der Waals surface area contributed by atoms with E-state index >= 15 is 0 Å². The third kappa shape index (κ3) is 3.43. The fourth-order valence-electron chi connectivity index (χ4n) is 2.43. The molecule has 114 valence electrons. The van der Waals surface area contributed by atoms with E-state index in [2.05, 4.69) is 4.72 Å². The molecular weight excluding hydrogens is 284 g/mol. The van der Waals surface area contributed by atoms with Crippen molar-refractivity contribution in [3.63, 3.8) is 0 Å². The fourth-order valence-corrected chi connectivity index (χ4v) is 4.17. The number of nitrogens with two attached hydrogens (primary N) is 1. The molecular formula is C16H22N2O2S. The van der Waals surface area contributed by atoms with Gasteiger partial charge in [0.25, 0.3) is 0 Å². The van der Waals surface area contributed by atoms with Crippen LogP contribution in [0.25, 0.3) is 10.8 Å². The van der Waals surface area contributed by atoms with Gasteiger partial charge in [0.2, 0.25) is 10.0 Å². The standard InChI is InChI=1S/C16H22N2O2S/c1-3-16(2,11-12-17)18-21(19,20)15-10-6-8-13-7-4-5-9-14(13)15/h4-10,18H,3,11-12,17H2,1-2H3. The minimum absolute atomic E-state index is 0.317. The third-order valence-electron chi connectivity index (χ3n) is 3.90. The highest BCUT2D eigenvalue weighted by molar-refractivity contribution is 7.89. The van der Waals surface area contributed by atoms with Gasteiger partial charge in [0, 0.05) is 10.9 Å². The molecule has 1 unspecified atom stereocenters. The van der Waals surface area contributed by atoms with Crippen molar-refractivity contribution in [2.24, 2.45) is 5.73 Å². The lowest BCUT2D eigenvalue weighted by atomic mass is 9.96. The van der Waals surface area contributed by atoms with Crippen LogP contribution in [-0.2, 0) is 10.0 Å². The molecule has 3 N–H and O–H groups in total. The van der Waals surface area contributed by atoms with Crippen molar-refractivity contribution in [1.29, 1.82) is 0 Å². The van der Waals surface area contributed by atoms with Crippen LogP contribution < -0.4 is 10.5 Å². The van der Waals surface area contributed by atoms with E-state index in [1.807, 2.05) is 44.2 Å². The molecule has 0 aliphatic rings. The first-order chi connectivity index (χ1) is 9.92. The van der Waals surface area contributed by atoms with E-state index in [0.29, 0.717) is 24.3 Å². The molecule has 2 aromatic carbocycles. The maximum Gasteiger partial charge on any atom is 0.241 e. The zero-order valence-corrected chi connectivity index (χ0v) is 13.3. The summed E-state index contributed by atoms with van der Waals surface area (Å²) < 4.78 is 28.3. The van der Waals surface area contributed by atoms with E-state index in [4.69, 9.17) is 5.73 Å². The van der Waals surface area contributed by atoms with Crippen LogP contribution in [0.4, 0.5) is 0 Å². The lowest BCUT2D eigenvalue weighted by Gasteiger charge is -2.29. The van der Waals surface area contributed by atoms with Gasteiger partial charge in [-0.25, -0.2) is 13.1 Å². The Morgan fingerprint density at radius 3 is 2.48 bits per heavy atom. The van der Waals surface area contributed by atoms with Gasteiger partial charge in [0.1, 0.15) is 0 Å². The summed E-state index contributed by atoms with van der Waals surface area (Å²) in [5.41, 5.74) is 5.08. The van der Waals surface area contributed by atoms with Crippen LogP contribution in [0.3, 0.4) is 0 Å². The first-order valence-electron chi connectivity index (χ1n) is 7.14. The van der Waals surface area contributed by atoms with Crippen LogP contribution in [0.15, 0.2) is 47.4 Å². The molecule has 0 saturated heterocycles. The van der Waals surface area contributed by atoms with Crippen LogP contribution >= 0.6 is 0 Å². The summed E-state index contributed by atoms with van der Waals surface area (Å²) >= 11 is 0. The first kappa shape index (κ1) is 15.9. The summed E-state index contributed by atoms with van der Waals surface area (Å²) in [6.07, 6.45) is 1.29. The average Bonchev–Trinajstić information content (AvgIpc) is 2.46. The van der Waals surface area contributed by atoms with Gasteiger partial charge in [-0.15, -0.1) is 0 Å². The zero-order valence-electron chi connectivity index (χ0n) is 12.5. The van der Waals surface area contributed by atoms with E-state index in [9.17, 15) is 8.42 Å². The molecule has 0 aliphatic carbocycles. The van der Waals surface area contributed by atoms with Crippen LogP contribution in [0.1, 0.15) is 26.7 Å². The van der Waals surface area contributed by atoms with Crippen molar-refractivity contribution in [3.8, 4) is 0 Å². The Morgan fingerprint density at radius 1 is 1.14 bits per heavy atom. The van der Waals surface area contributed by atoms with Gasteiger partial charge in [-0.05, 0) is 37.8 Å². The lowest BCUT2D eigenvalue weighted by molar-refractivity contribution is 0.379. The number of rotatable bonds is 6. The summed E-state index contributed by atoms with van der Waals surface area (Å²) in [6.45, 7) is 4.30. The lowest BCUT2D eigenvalue weighted by Crippen LogP contribution is -2.46. The predicted molar refractivity (Wildman–Crippen MR) is 86.6 cm³/mol. The van der Waals surface area contributed by atoms with E-state index < -0.39 is 15.6 Å². The van der Waals surface area contributed by atoms with Crippen molar-refractivity contribution in [1.82, 2.24) is 4.72 Å². The monoisotopic (exact) mass is 306 g/mol. The molecule has 2 rings (SSSR count). The Morgan fingerprint density at radius 2 is 1.81 bits per heavy atom. The van der Waals surface area contributed by atoms with Gasteiger partial charge in [0.15, 0.2) is 0 Å². The van der Waals surface area contributed by atoms with Gasteiger partial charge in [0.05, 0.1) is 4.90 Å². The number of sulfonamides is 1.